The number of hydrogen-bond donors (Lipinski definition) is 4. The van der Waals surface area contributed by atoms with Crippen LogP contribution in [0, 0.1) is 6.92 Å². The lowest BCUT2D eigenvalue weighted by molar-refractivity contribution is -0.118. The van der Waals surface area contributed by atoms with Crippen LogP contribution in [-0.4, -0.2) is 18.0 Å². The van der Waals surface area contributed by atoms with Crippen LogP contribution in [0.4, 0.5) is 4.79 Å². The summed E-state index contributed by atoms with van der Waals surface area (Å²) in [5.41, 5.74) is 8.99. The molecule has 1 aliphatic heterocycles. The molecule has 0 spiro atoms. The Morgan fingerprint density at radius 1 is 1.24 bits per heavy atom. The minimum Gasteiger partial charge on any atom is -0.395 e. The van der Waals surface area contributed by atoms with Crippen molar-refractivity contribution in [2.75, 3.05) is 0 Å². The zero-order valence-corrected chi connectivity index (χ0v) is 14.4. The molecule has 0 bridgehead atoms. The summed E-state index contributed by atoms with van der Waals surface area (Å²) in [5.74, 6) is 0.184. The maximum atomic E-state index is 12.4. The number of benzene rings is 1. The van der Waals surface area contributed by atoms with Crippen LogP contribution in [0.25, 0.3) is 0 Å². The minimum absolute atomic E-state index is 0.0783. The molecule has 6 heteroatoms. The molecule has 5 N–H and O–H groups in total. The number of nitrogens with one attached hydrogen (secondary N) is 3. The monoisotopic (exact) mass is 340 g/mol. The fraction of sp³-hybridized carbons (Fsp3) is 0.368. The zero-order valence-electron chi connectivity index (χ0n) is 14.4. The van der Waals surface area contributed by atoms with Crippen LogP contribution in [-0.2, 0) is 4.79 Å². The maximum Gasteiger partial charge on any atom is 0.323 e. The average molecular weight is 340 g/mol. The number of hydrogen-bond acceptors (Lipinski definition) is 3. The number of urea groups is 1. The fourth-order valence-electron chi connectivity index (χ4n) is 3.50. The molecule has 1 saturated carbocycles. The van der Waals surface area contributed by atoms with Crippen molar-refractivity contribution in [1.29, 1.82) is 0 Å². The molecule has 1 heterocycles. The van der Waals surface area contributed by atoms with E-state index in [4.69, 9.17) is 5.73 Å². The summed E-state index contributed by atoms with van der Waals surface area (Å²) in [6.07, 6.45) is 3.88. The molecule has 0 radical (unpaired) electrons. The molecule has 6 nitrogen and oxygen atoms in total. The Hall–Kier alpha value is -2.76. The van der Waals surface area contributed by atoms with Crippen LogP contribution in [0.2, 0.25) is 0 Å². The van der Waals surface area contributed by atoms with Crippen molar-refractivity contribution in [2.24, 2.45) is 5.73 Å². The Labute approximate surface area is 147 Å². The standard InChI is InChI=1S/C19H24N4O2/c1-11-4-3-5-14(10-11)13-6-8-15(9-7-13)22-18(24)17-16(20)12(2)21-19(25)23-17/h3-5,10,13,15H,2,6-9,20H2,1H3,(H,22,24)(H2,21,23,25). The Balaban J connectivity index is 1.59. The fourth-order valence-corrected chi connectivity index (χ4v) is 3.50. The molecule has 132 valence electrons. The minimum atomic E-state index is -0.493. The van der Waals surface area contributed by atoms with Gasteiger partial charge in [-0.1, -0.05) is 36.4 Å². The first-order valence-electron chi connectivity index (χ1n) is 8.58. The van der Waals surface area contributed by atoms with Crippen molar-refractivity contribution in [3.05, 3.63) is 59.1 Å². The number of amides is 3. The molecule has 0 atom stereocenters. The number of aryl methyl sites for hydroxylation is 1. The van der Waals surface area contributed by atoms with Crippen LogP contribution in [0.3, 0.4) is 0 Å². The van der Waals surface area contributed by atoms with E-state index in [1.807, 2.05) is 0 Å². The predicted molar refractivity (Wildman–Crippen MR) is 96.3 cm³/mol. The van der Waals surface area contributed by atoms with E-state index in [2.05, 4.69) is 53.7 Å². The van der Waals surface area contributed by atoms with Gasteiger partial charge >= 0.3 is 6.03 Å². The SMILES string of the molecule is C=C1NC(=O)NC(C(=O)NC2CCC(c3cccc(C)c3)CC2)=C1N. The first-order valence-corrected chi connectivity index (χ1v) is 8.58. The quantitative estimate of drug-likeness (QED) is 0.679. The normalized spacial score (nSPS) is 23.7. The predicted octanol–water partition coefficient (Wildman–Crippen LogP) is 2.13. The lowest BCUT2D eigenvalue weighted by atomic mass is 9.81. The lowest BCUT2D eigenvalue weighted by Crippen LogP contribution is -2.49. The van der Waals surface area contributed by atoms with Gasteiger partial charge in [0.05, 0.1) is 11.4 Å². The van der Waals surface area contributed by atoms with E-state index >= 15 is 0 Å². The molecule has 1 fully saturated rings. The second-order valence-electron chi connectivity index (χ2n) is 6.78. The molecule has 0 saturated heterocycles. The van der Waals surface area contributed by atoms with Crippen molar-refractivity contribution in [2.45, 2.75) is 44.6 Å². The Bertz CT molecular complexity index is 746. The number of carbonyl (C=O) groups excluding carboxylic acids is 2. The van der Waals surface area contributed by atoms with Crippen LogP contribution in [0.5, 0.6) is 0 Å². The van der Waals surface area contributed by atoms with Gasteiger partial charge in [0, 0.05) is 6.04 Å². The van der Waals surface area contributed by atoms with Gasteiger partial charge in [0.1, 0.15) is 5.70 Å². The third-order valence-corrected chi connectivity index (χ3v) is 4.90. The molecular weight excluding hydrogens is 316 g/mol. The van der Waals surface area contributed by atoms with Gasteiger partial charge in [-0.25, -0.2) is 4.79 Å². The average Bonchev–Trinajstić information content (AvgIpc) is 2.58. The summed E-state index contributed by atoms with van der Waals surface area (Å²) in [4.78, 5) is 23.9. The molecule has 1 aromatic carbocycles. The van der Waals surface area contributed by atoms with Crippen LogP contribution in [0.1, 0.15) is 42.7 Å². The van der Waals surface area contributed by atoms with E-state index in [-0.39, 0.29) is 29.0 Å². The van der Waals surface area contributed by atoms with Gasteiger partial charge in [0.15, 0.2) is 0 Å². The molecule has 1 aromatic rings. The van der Waals surface area contributed by atoms with Gasteiger partial charge in [-0.15, -0.1) is 0 Å². The van der Waals surface area contributed by atoms with Crippen LogP contribution < -0.4 is 21.7 Å². The number of nitrogens with two attached hydrogens (primary N) is 1. The lowest BCUT2D eigenvalue weighted by Gasteiger charge is -2.30. The molecule has 3 rings (SSSR count). The van der Waals surface area contributed by atoms with Gasteiger partial charge in [0.2, 0.25) is 0 Å². The van der Waals surface area contributed by atoms with Crippen LogP contribution in [0.15, 0.2) is 47.9 Å². The summed E-state index contributed by atoms with van der Waals surface area (Å²) < 4.78 is 0. The molecule has 25 heavy (non-hydrogen) atoms. The van der Waals surface area contributed by atoms with E-state index in [0.29, 0.717) is 5.92 Å². The second-order valence-corrected chi connectivity index (χ2v) is 6.78. The highest BCUT2D eigenvalue weighted by Gasteiger charge is 2.28. The third kappa shape index (κ3) is 3.84. The number of carbonyl (C=O) groups is 2. The highest BCUT2D eigenvalue weighted by Crippen LogP contribution is 2.33. The van der Waals surface area contributed by atoms with E-state index in [0.717, 1.165) is 25.7 Å². The van der Waals surface area contributed by atoms with Crippen LogP contribution >= 0.6 is 0 Å². The van der Waals surface area contributed by atoms with E-state index in [1.165, 1.54) is 11.1 Å². The zero-order chi connectivity index (χ0) is 18.0. The van der Waals surface area contributed by atoms with E-state index in [1.54, 1.807) is 0 Å². The van der Waals surface area contributed by atoms with Gasteiger partial charge in [-0.3, -0.25) is 4.79 Å². The van der Waals surface area contributed by atoms with Gasteiger partial charge in [-0.05, 0) is 44.1 Å². The van der Waals surface area contributed by atoms with Crippen molar-refractivity contribution in [3.63, 3.8) is 0 Å². The largest absolute Gasteiger partial charge is 0.395 e. The maximum absolute atomic E-state index is 12.4. The van der Waals surface area contributed by atoms with Crippen molar-refractivity contribution in [3.8, 4) is 0 Å². The van der Waals surface area contributed by atoms with Gasteiger partial charge in [0.25, 0.3) is 5.91 Å². The van der Waals surface area contributed by atoms with E-state index < -0.39 is 6.03 Å². The third-order valence-electron chi connectivity index (χ3n) is 4.90. The smallest absolute Gasteiger partial charge is 0.323 e. The molecular formula is C19H24N4O2. The van der Waals surface area contributed by atoms with Crippen molar-refractivity contribution >= 4 is 11.9 Å². The highest BCUT2D eigenvalue weighted by molar-refractivity contribution is 6.00. The first kappa shape index (κ1) is 17.1. The first-order chi connectivity index (χ1) is 11.9. The summed E-state index contributed by atoms with van der Waals surface area (Å²) in [6.45, 7) is 5.75. The second kappa shape index (κ2) is 7.01. The molecule has 0 aromatic heterocycles. The molecule has 2 aliphatic rings. The molecule has 3 amide bonds. The van der Waals surface area contributed by atoms with Gasteiger partial charge in [-0.2, -0.15) is 0 Å². The van der Waals surface area contributed by atoms with E-state index in [9.17, 15) is 9.59 Å². The van der Waals surface area contributed by atoms with Crippen molar-refractivity contribution in [1.82, 2.24) is 16.0 Å². The molecule has 1 aliphatic carbocycles. The summed E-state index contributed by atoms with van der Waals surface area (Å²) >= 11 is 0. The van der Waals surface area contributed by atoms with Crippen molar-refractivity contribution < 1.29 is 9.59 Å². The summed E-state index contributed by atoms with van der Waals surface area (Å²) in [5, 5.41) is 7.88. The Kier molecular flexibility index (Phi) is 4.79. The summed E-state index contributed by atoms with van der Waals surface area (Å²) in [6, 6.07) is 8.22. The summed E-state index contributed by atoms with van der Waals surface area (Å²) in [7, 11) is 0. The Morgan fingerprint density at radius 3 is 2.64 bits per heavy atom. The molecule has 0 unspecified atom stereocenters. The highest BCUT2D eigenvalue weighted by atomic mass is 16.2. The van der Waals surface area contributed by atoms with Gasteiger partial charge < -0.3 is 21.7 Å². The topological polar surface area (TPSA) is 96.2 Å². The number of rotatable bonds is 3. The Morgan fingerprint density at radius 2 is 1.96 bits per heavy atom.